The van der Waals surface area contributed by atoms with Crippen LogP contribution in [0.1, 0.15) is 26.7 Å². The highest BCUT2D eigenvalue weighted by Gasteiger charge is 2.28. The van der Waals surface area contributed by atoms with Crippen LogP contribution in [0.15, 0.2) is 41.9 Å². The lowest BCUT2D eigenvalue weighted by atomic mass is 10.1. The standard InChI is InChI=1S/C24H31ClN6O2.C2H6/c1-3-11-27-13-9-22-18(2)24(29-31(22)20-7-5-19(25)6-8-20)30-14-15-33-17-21(30)16-23(32)28-12-4-10-26;1-2/h3,5-9,11,21H,1-2,4,10,12-17,26H2,(H,28,32);1-2H3. The fourth-order valence-corrected chi connectivity index (χ4v) is 3.79. The average Bonchev–Trinajstić information content (AvgIpc) is 3.20. The van der Waals surface area contributed by atoms with Gasteiger partial charge in [0, 0.05) is 36.0 Å². The highest BCUT2D eigenvalue weighted by Crippen LogP contribution is 2.17. The van der Waals surface area contributed by atoms with Crippen molar-refractivity contribution < 1.29 is 9.53 Å². The monoisotopic (exact) mass is 500 g/mol. The van der Waals surface area contributed by atoms with Gasteiger partial charge in [-0.3, -0.25) is 9.79 Å². The summed E-state index contributed by atoms with van der Waals surface area (Å²) in [4.78, 5) is 18.9. The summed E-state index contributed by atoms with van der Waals surface area (Å²) in [5.41, 5.74) is 6.38. The molecule has 9 heteroatoms. The summed E-state index contributed by atoms with van der Waals surface area (Å²) in [5, 5.41) is 10.1. The molecule has 0 aliphatic carbocycles. The van der Waals surface area contributed by atoms with E-state index in [-0.39, 0.29) is 11.9 Å². The van der Waals surface area contributed by atoms with Crippen LogP contribution in [-0.4, -0.2) is 67.3 Å². The summed E-state index contributed by atoms with van der Waals surface area (Å²) >= 11 is 6.08. The smallest absolute Gasteiger partial charge is 0.222 e. The van der Waals surface area contributed by atoms with Crippen LogP contribution >= 0.6 is 11.6 Å². The van der Waals surface area contributed by atoms with Gasteiger partial charge in [0.05, 0.1) is 36.8 Å². The predicted octanol–water partition coefficient (Wildman–Crippen LogP) is 2.06. The minimum atomic E-state index is -0.141. The number of aromatic nitrogens is 2. The van der Waals surface area contributed by atoms with Crippen molar-refractivity contribution in [2.75, 3.05) is 44.3 Å². The minimum Gasteiger partial charge on any atom is -0.377 e. The molecule has 3 rings (SSSR count). The van der Waals surface area contributed by atoms with E-state index in [0.29, 0.717) is 50.8 Å². The van der Waals surface area contributed by atoms with Crippen molar-refractivity contribution in [3.63, 3.8) is 0 Å². The molecule has 1 unspecified atom stereocenters. The zero-order chi connectivity index (χ0) is 25.6. The van der Waals surface area contributed by atoms with Crippen LogP contribution in [-0.2, 0) is 9.53 Å². The zero-order valence-corrected chi connectivity index (χ0v) is 21.5. The molecule has 1 aromatic heterocycles. The molecule has 2 aromatic rings. The van der Waals surface area contributed by atoms with E-state index < -0.39 is 0 Å². The van der Waals surface area contributed by atoms with E-state index in [2.05, 4.69) is 28.4 Å². The maximum atomic E-state index is 12.5. The number of carbonyl (C=O) groups is 1. The van der Waals surface area contributed by atoms with Gasteiger partial charge in [-0.25, -0.2) is 4.68 Å². The van der Waals surface area contributed by atoms with Crippen LogP contribution in [0.5, 0.6) is 0 Å². The number of hydrogen-bond donors (Lipinski definition) is 2. The summed E-state index contributed by atoms with van der Waals surface area (Å²) in [5.74, 6) is 0.698. The molecule has 2 heterocycles. The summed E-state index contributed by atoms with van der Waals surface area (Å²) in [7, 11) is 0. The molecule has 8 nitrogen and oxygen atoms in total. The van der Waals surface area contributed by atoms with Crippen LogP contribution in [0.4, 0.5) is 5.82 Å². The van der Waals surface area contributed by atoms with Crippen LogP contribution in [0, 0.1) is 0 Å². The molecule has 1 atom stereocenters. The maximum absolute atomic E-state index is 12.5. The van der Waals surface area contributed by atoms with E-state index in [4.69, 9.17) is 27.2 Å². The van der Waals surface area contributed by atoms with Gasteiger partial charge in [-0.15, -0.1) is 5.10 Å². The van der Waals surface area contributed by atoms with E-state index in [9.17, 15) is 4.79 Å². The normalized spacial score (nSPS) is 16.2. The molecular formula is C26H37ClN6O2. The molecule has 35 heavy (non-hydrogen) atoms. The number of allylic oxidation sites excluding steroid dienone is 1. The summed E-state index contributed by atoms with van der Waals surface area (Å²) in [6.45, 7) is 15.2. The summed E-state index contributed by atoms with van der Waals surface area (Å²) in [6, 6.07) is 7.32. The van der Waals surface area contributed by atoms with Crippen LogP contribution in [0.3, 0.4) is 0 Å². The van der Waals surface area contributed by atoms with Gasteiger partial charge < -0.3 is 20.7 Å². The number of benzene rings is 1. The molecule has 1 aliphatic rings. The third-order valence-electron chi connectivity index (χ3n) is 5.30. The molecule has 1 fully saturated rings. The number of amides is 1. The molecule has 1 amide bonds. The SMILES string of the molecule is C=CC=NCC=c1c(=C)c(N2CCOCC2CC(=O)NCCCN)nn1-c1ccc(Cl)cc1.CC. The topological polar surface area (TPSA) is 97.8 Å². The molecule has 3 N–H and O–H groups in total. The Kier molecular flexibility index (Phi) is 12.2. The van der Waals surface area contributed by atoms with E-state index in [1.807, 2.05) is 48.9 Å². The van der Waals surface area contributed by atoms with Gasteiger partial charge in [-0.05, 0) is 43.3 Å². The van der Waals surface area contributed by atoms with Crippen molar-refractivity contribution in [2.24, 2.45) is 10.7 Å². The predicted molar refractivity (Wildman–Crippen MR) is 146 cm³/mol. The number of aliphatic imine (C=N–C) groups is 1. The van der Waals surface area contributed by atoms with E-state index in [1.165, 1.54) is 0 Å². The Labute approximate surface area is 212 Å². The summed E-state index contributed by atoms with van der Waals surface area (Å²) in [6.07, 6.45) is 6.32. The number of morpholine rings is 1. The summed E-state index contributed by atoms with van der Waals surface area (Å²) < 4.78 is 7.52. The number of anilines is 1. The van der Waals surface area contributed by atoms with Gasteiger partial charge in [-0.1, -0.05) is 44.7 Å². The van der Waals surface area contributed by atoms with Crippen LogP contribution < -0.4 is 26.5 Å². The van der Waals surface area contributed by atoms with Gasteiger partial charge in [0.15, 0.2) is 5.82 Å². The Morgan fingerprint density at radius 3 is 2.80 bits per heavy atom. The molecule has 1 aliphatic heterocycles. The second kappa shape index (κ2) is 15.1. The highest BCUT2D eigenvalue weighted by molar-refractivity contribution is 6.30. The lowest BCUT2D eigenvalue weighted by Gasteiger charge is -2.35. The van der Waals surface area contributed by atoms with Crippen molar-refractivity contribution in [3.8, 4) is 5.69 Å². The van der Waals surface area contributed by atoms with Gasteiger partial charge in [0.2, 0.25) is 5.91 Å². The molecule has 0 spiro atoms. The number of nitrogens with one attached hydrogen (secondary N) is 1. The molecular weight excluding hydrogens is 464 g/mol. The third-order valence-corrected chi connectivity index (χ3v) is 5.55. The van der Waals surface area contributed by atoms with E-state index >= 15 is 0 Å². The first-order valence-corrected chi connectivity index (χ1v) is 12.4. The van der Waals surface area contributed by atoms with E-state index in [0.717, 1.165) is 28.5 Å². The third kappa shape index (κ3) is 8.06. The Morgan fingerprint density at radius 1 is 1.37 bits per heavy atom. The zero-order valence-electron chi connectivity index (χ0n) is 20.8. The quantitative estimate of drug-likeness (QED) is 0.384. The van der Waals surface area contributed by atoms with Crippen molar-refractivity contribution in [1.82, 2.24) is 15.1 Å². The number of rotatable bonds is 10. The van der Waals surface area contributed by atoms with Gasteiger partial charge in [0.1, 0.15) is 0 Å². The first kappa shape index (κ1) is 28.3. The molecule has 0 radical (unpaired) electrons. The molecule has 190 valence electrons. The van der Waals surface area contributed by atoms with Crippen molar-refractivity contribution in [3.05, 3.63) is 52.5 Å². The molecule has 1 saturated heterocycles. The number of hydrogen-bond acceptors (Lipinski definition) is 6. The van der Waals surface area contributed by atoms with Crippen LogP contribution in [0.25, 0.3) is 18.3 Å². The number of nitrogens with zero attached hydrogens (tertiary/aromatic N) is 4. The Bertz CT molecular complexity index is 1080. The van der Waals surface area contributed by atoms with Crippen molar-refractivity contribution >= 4 is 42.2 Å². The lowest BCUT2D eigenvalue weighted by molar-refractivity contribution is -0.122. The fourth-order valence-electron chi connectivity index (χ4n) is 3.66. The van der Waals surface area contributed by atoms with Crippen molar-refractivity contribution in [1.29, 1.82) is 0 Å². The largest absolute Gasteiger partial charge is 0.377 e. The average molecular weight is 501 g/mol. The lowest BCUT2D eigenvalue weighted by Crippen LogP contribution is -2.50. The van der Waals surface area contributed by atoms with Gasteiger partial charge >= 0.3 is 0 Å². The number of carbonyl (C=O) groups excluding carboxylic acids is 1. The first-order valence-electron chi connectivity index (χ1n) is 12.0. The Morgan fingerprint density at radius 2 is 2.11 bits per heavy atom. The minimum absolute atomic E-state index is 0.0303. The maximum Gasteiger partial charge on any atom is 0.222 e. The first-order chi connectivity index (χ1) is 17.0. The Balaban J connectivity index is 0.00000210. The molecule has 1 aromatic carbocycles. The number of ether oxygens (including phenoxy) is 1. The fraction of sp³-hybridized carbons (Fsp3) is 0.423. The van der Waals surface area contributed by atoms with Crippen LogP contribution in [0.2, 0.25) is 5.02 Å². The van der Waals surface area contributed by atoms with Crippen molar-refractivity contribution in [2.45, 2.75) is 32.7 Å². The number of nitrogens with two attached hydrogens (primary N) is 1. The van der Waals surface area contributed by atoms with Gasteiger partial charge in [0.25, 0.3) is 0 Å². The second-order valence-corrected chi connectivity index (χ2v) is 8.08. The van der Waals surface area contributed by atoms with E-state index in [1.54, 1.807) is 12.3 Å². The second-order valence-electron chi connectivity index (χ2n) is 7.65. The highest BCUT2D eigenvalue weighted by atomic mass is 35.5. The Hall–Kier alpha value is -2.94. The molecule has 0 saturated carbocycles. The molecule has 0 bridgehead atoms. The van der Waals surface area contributed by atoms with Gasteiger partial charge in [-0.2, -0.15) is 0 Å². The number of halogens is 1.